The Hall–Kier alpha value is -3.59. The predicted octanol–water partition coefficient (Wildman–Crippen LogP) is 4.28. The molecule has 0 aliphatic rings. The van der Waals surface area contributed by atoms with Gasteiger partial charge in [-0.3, -0.25) is 0 Å². The van der Waals surface area contributed by atoms with Crippen molar-refractivity contribution in [3.8, 4) is 45.9 Å². The molecule has 0 radical (unpaired) electrons. The maximum atomic E-state index is 6.25. The van der Waals surface area contributed by atoms with Crippen molar-refractivity contribution in [2.45, 2.75) is 13.8 Å². The zero-order valence-corrected chi connectivity index (χ0v) is 18.4. The Kier molecular flexibility index (Phi) is 5.51. The van der Waals surface area contributed by atoms with Crippen LogP contribution in [0.15, 0.2) is 34.9 Å². The second kappa shape index (κ2) is 8.27. The van der Waals surface area contributed by atoms with Crippen LogP contribution in [0.2, 0.25) is 5.02 Å². The molecule has 0 spiro atoms. The van der Waals surface area contributed by atoms with Crippen LogP contribution < -0.4 is 14.2 Å². The molecule has 4 rings (SSSR count). The van der Waals surface area contributed by atoms with Crippen molar-refractivity contribution in [2.24, 2.45) is 0 Å². The van der Waals surface area contributed by atoms with E-state index in [1.807, 2.05) is 32.0 Å². The van der Waals surface area contributed by atoms with Crippen molar-refractivity contribution in [3.05, 3.63) is 46.6 Å². The van der Waals surface area contributed by atoms with E-state index < -0.39 is 0 Å². The Labute approximate surface area is 183 Å². The Morgan fingerprint density at radius 2 is 1.71 bits per heavy atom. The lowest BCUT2D eigenvalue weighted by atomic mass is 10.1. The maximum Gasteiger partial charge on any atom is 0.280 e. The summed E-state index contributed by atoms with van der Waals surface area (Å²) in [6.45, 7) is 3.80. The Morgan fingerprint density at radius 1 is 1.00 bits per heavy atom. The van der Waals surface area contributed by atoms with Crippen LogP contribution in [0.4, 0.5) is 0 Å². The fourth-order valence-corrected chi connectivity index (χ4v) is 3.40. The highest BCUT2D eigenvalue weighted by molar-refractivity contribution is 6.31. The number of ether oxygens (including phenoxy) is 3. The molecule has 160 valence electrons. The van der Waals surface area contributed by atoms with E-state index in [9.17, 15) is 0 Å². The summed E-state index contributed by atoms with van der Waals surface area (Å²) in [5.41, 5.74) is 3.58. The average Bonchev–Trinajstić information content (AvgIpc) is 3.41. The molecular weight excluding hydrogens is 422 g/mol. The molecule has 0 atom stereocenters. The van der Waals surface area contributed by atoms with Crippen LogP contribution in [0, 0.1) is 13.8 Å². The SMILES string of the molecule is COc1cc(-c2noc(-c3nnn(-c4cccc(Cl)c4C)c3C)n2)cc(OC)c1OC. The van der Waals surface area contributed by atoms with Crippen molar-refractivity contribution >= 4 is 11.6 Å². The molecule has 0 aliphatic heterocycles. The van der Waals surface area contributed by atoms with Crippen LogP contribution in [-0.2, 0) is 0 Å². The highest BCUT2D eigenvalue weighted by Crippen LogP contribution is 2.41. The number of aromatic nitrogens is 5. The van der Waals surface area contributed by atoms with Gasteiger partial charge in [0, 0.05) is 10.6 Å². The average molecular weight is 442 g/mol. The number of halogens is 1. The molecule has 0 N–H and O–H groups in total. The van der Waals surface area contributed by atoms with Gasteiger partial charge in [0.25, 0.3) is 5.89 Å². The quantitative estimate of drug-likeness (QED) is 0.437. The Balaban J connectivity index is 1.74. The molecule has 0 bridgehead atoms. The lowest BCUT2D eigenvalue weighted by Crippen LogP contribution is -2.01. The van der Waals surface area contributed by atoms with Gasteiger partial charge in [-0.2, -0.15) is 4.98 Å². The number of benzene rings is 2. The lowest BCUT2D eigenvalue weighted by Gasteiger charge is -2.12. The highest BCUT2D eigenvalue weighted by Gasteiger charge is 2.22. The molecule has 0 amide bonds. The molecule has 0 saturated carbocycles. The number of rotatable bonds is 6. The number of methoxy groups -OCH3 is 3. The van der Waals surface area contributed by atoms with Gasteiger partial charge in [-0.25, -0.2) is 4.68 Å². The third-order valence-corrected chi connectivity index (χ3v) is 5.32. The molecule has 2 heterocycles. The van der Waals surface area contributed by atoms with Crippen LogP contribution in [0.3, 0.4) is 0 Å². The fourth-order valence-electron chi connectivity index (χ4n) is 3.23. The first-order chi connectivity index (χ1) is 15.0. The summed E-state index contributed by atoms with van der Waals surface area (Å²) < 4.78 is 23.3. The second-order valence-electron chi connectivity index (χ2n) is 6.66. The van der Waals surface area contributed by atoms with Gasteiger partial charge in [-0.15, -0.1) is 5.10 Å². The highest BCUT2D eigenvalue weighted by atomic mass is 35.5. The minimum atomic E-state index is 0.243. The van der Waals surface area contributed by atoms with Crippen LogP contribution in [-0.4, -0.2) is 46.5 Å². The number of nitrogens with zero attached hydrogens (tertiary/aromatic N) is 5. The van der Waals surface area contributed by atoms with Gasteiger partial charge < -0.3 is 18.7 Å². The van der Waals surface area contributed by atoms with Gasteiger partial charge in [0.1, 0.15) is 0 Å². The minimum absolute atomic E-state index is 0.243. The molecule has 0 unspecified atom stereocenters. The normalized spacial score (nSPS) is 10.9. The van der Waals surface area contributed by atoms with Gasteiger partial charge in [-0.05, 0) is 43.7 Å². The van der Waals surface area contributed by atoms with Crippen LogP contribution in [0.25, 0.3) is 28.7 Å². The van der Waals surface area contributed by atoms with E-state index in [1.165, 1.54) is 0 Å². The van der Waals surface area contributed by atoms with Crippen LogP contribution in [0.1, 0.15) is 11.3 Å². The maximum absolute atomic E-state index is 6.25. The van der Waals surface area contributed by atoms with E-state index in [1.54, 1.807) is 38.1 Å². The van der Waals surface area contributed by atoms with Gasteiger partial charge >= 0.3 is 0 Å². The second-order valence-corrected chi connectivity index (χ2v) is 7.06. The predicted molar refractivity (Wildman–Crippen MR) is 114 cm³/mol. The third kappa shape index (κ3) is 3.57. The van der Waals surface area contributed by atoms with E-state index >= 15 is 0 Å². The lowest BCUT2D eigenvalue weighted by molar-refractivity contribution is 0.324. The zero-order valence-electron chi connectivity index (χ0n) is 17.6. The van der Waals surface area contributed by atoms with Gasteiger partial charge in [0.2, 0.25) is 11.6 Å². The monoisotopic (exact) mass is 441 g/mol. The number of hydrogen-bond acceptors (Lipinski definition) is 8. The molecule has 10 heteroatoms. The van der Waals surface area contributed by atoms with Crippen molar-refractivity contribution in [1.82, 2.24) is 25.1 Å². The minimum Gasteiger partial charge on any atom is -0.493 e. The molecule has 0 saturated heterocycles. The summed E-state index contributed by atoms with van der Waals surface area (Å²) >= 11 is 6.25. The summed E-state index contributed by atoms with van der Waals surface area (Å²) in [4.78, 5) is 4.49. The molecule has 0 fully saturated rings. The number of hydrogen-bond donors (Lipinski definition) is 0. The smallest absolute Gasteiger partial charge is 0.280 e. The summed E-state index contributed by atoms with van der Waals surface area (Å²) in [5, 5.41) is 13.2. The topological polar surface area (TPSA) is 97.3 Å². The largest absolute Gasteiger partial charge is 0.493 e. The third-order valence-electron chi connectivity index (χ3n) is 4.91. The van der Waals surface area contributed by atoms with E-state index in [0.29, 0.717) is 39.4 Å². The Bertz CT molecular complexity index is 1230. The van der Waals surface area contributed by atoms with E-state index in [-0.39, 0.29) is 5.89 Å². The molecular formula is C21H20ClN5O4. The van der Waals surface area contributed by atoms with Gasteiger partial charge in [0.05, 0.1) is 32.7 Å². The van der Waals surface area contributed by atoms with Crippen molar-refractivity contribution < 1.29 is 18.7 Å². The fraction of sp³-hybridized carbons (Fsp3) is 0.238. The first-order valence-corrected chi connectivity index (χ1v) is 9.68. The van der Waals surface area contributed by atoms with Gasteiger partial charge in [0.15, 0.2) is 17.2 Å². The Morgan fingerprint density at radius 3 is 2.35 bits per heavy atom. The molecule has 2 aromatic carbocycles. The summed E-state index contributed by atoms with van der Waals surface area (Å²) in [5.74, 6) is 2.05. The summed E-state index contributed by atoms with van der Waals surface area (Å²) in [7, 11) is 4.63. The molecule has 4 aromatic rings. The van der Waals surface area contributed by atoms with Crippen molar-refractivity contribution in [2.75, 3.05) is 21.3 Å². The van der Waals surface area contributed by atoms with E-state index in [4.69, 9.17) is 30.3 Å². The summed E-state index contributed by atoms with van der Waals surface area (Å²) in [6.07, 6.45) is 0. The molecule has 31 heavy (non-hydrogen) atoms. The first kappa shape index (κ1) is 20.7. The zero-order chi connectivity index (χ0) is 22.1. The molecule has 9 nitrogen and oxygen atoms in total. The first-order valence-electron chi connectivity index (χ1n) is 9.30. The van der Waals surface area contributed by atoms with E-state index in [2.05, 4.69) is 20.5 Å². The van der Waals surface area contributed by atoms with E-state index in [0.717, 1.165) is 16.9 Å². The van der Waals surface area contributed by atoms with Crippen molar-refractivity contribution in [1.29, 1.82) is 0 Å². The van der Waals surface area contributed by atoms with Crippen molar-refractivity contribution in [3.63, 3.8) is 0 Å². The van der Waals surface area contributed by atoms with Gasteiger partial charge in [-0.1, -0.05) is 28.0 Å². The molecule has 2 aromatic heterocycles. The molecule has 0 aliphatic carbocycles. The van der Waals surface area contributed by atoms with Crippen LogP contribution >= 0.6 is 11.6 Å². The standard InChI is InChI=1S/C21H20ClN5O4/c1-11-14(22)7-6-8-15(11)27-12(2)18(24-26-27)21-23-20(25-31-21)13-9-16(28-3)19(30-5)17(10-13)29-4/h6-10H,1-5H3. The summed E-state index contributed by atoms with van der Waals surface area (Å²) in [6, 6.07) is 9.10. The van der Waals surface area contributed by atoms with Crippen LogP contribution in [0.5, 0.6) is 17.2 Å².